The van der Waals surface area contributed by atoms with E-state index in [-0.39, 0.29) is 16.6 Å². The van der Waals surface area contributed by atoms with Crippen LogP contribution in [0.3, 0.4) is 0 Å². The molecular formula is C16H17BrN2O4S. The predicted molar refractivity (Wildman–Crippen MR) is 96.0 cm³/mol. The first kappa shape index (κ1) is 18.3. The monoisotopic (exact) mass is 412 g/mol. The number of amides is 1. The lowest BCUT2D eigenvalue weighted by atomic mass is 10.2. The van der Waals surface area contributed by atoms with Crippen LogP contribution in [0, 0.1) is 0 Å². The summed E-state index contributed by atoms with van der Waals surface area (Å²) in [6.07, 6.45) is 0. The number of carbonyl (C=O) groups excluding carboxylic acids is 1. The minimum Gasteiger partial charge on any atom is -0.495 e. The Bertz CT molecular complexity index is 849. The smallest absolute Gasteiger partial charge is 0.265 e. The summed E-state index contributed by atoms with van der Waals surface area (Å²) < 4.78 is 33.4. The molecule has 0 radical (unpaired) electrons. The summed E-state index contributed by atoms with van der Waals surface area (Å²) in [7, 11) is 0.881. The molecule has 0 heterocycles. The van der Waals surface area contributed by atoms with Gasteiger partial charge < -0.3 is 9.64 Å². The second-order valence-electron chi connectivity index (χ2n) is 5.18. The first-order chi connectivity index (χ1) is 11.2. The molecule has 0 bridgehead atoms. The van der Waals surface area contributed by atoms with Crippen molar-refractivity contribution in [2.45, 2.75) is 4.90 Å². The molecule has 1 amide bonds. The van der Waals surface area contributed by atoms with E-state index in [0.29, 0.717) is 15.7 Å². The Morgan fingerprint density at radius 3 is 2.29 bits per heavy atom. The topological polar surface area (TPSA) is 75.7 Å². The van der Waals surface area contributed by atoms with E-state index in [4.69, 9.17) is 4.74 Å². The van der Waals surface area contributed by atoms with Crippen LogP contribution < -0.4 is 9.46 Å². The molecule has 0 fully saturated rings. The Morgan fingerprint density at radius 1 is 1.12 bits per heavy atom. The molecule has 0 spiro atoms. The van der Waals surface area contributed by atoms with Crippen LogP contribution in [-0.2, 0) is 10.0 Å². The molecule has 0 unspecified atom stereocenters. The van der Waals surface area contributed by atoms with Gasteiger partial charge >= 0.3 is 0 Å². The van der Waals surface area contributed by atoms with E-state index in [1.807, 2.05) is 0 Å². The van der Waals surface area contributed by atoms with Gasteiger partial charge in [-0.25, -0.2) is 8.42 Å². The SMILES string of the molecule is COc1ccc(Br)cc1S(=O)(=O)Nc1ccc(C(=O)N(C)C)cc1. The Kier molecular flexibility index (Phi) is 5.51. The minimum atomic E-state index is -3.83. The van der Waals surface area contributed by atoms with E-state index in [9.17, 15) is 13.2 Å². The van der Waals surface area contributed by atoms with Gasteiger partial charge in [0.2, 0.25) is 0 Å². The number of hydrogen-bond acceptors (Lipinski definition) is 4. The summed E-state index contributed by atoms with van der Waals surface area (Å²) in [5.74, 6) is 0.0863. The Morgan fingerprint density at radius 2 is 1.75 bits per heavy atom. The zero-order valence-corrected chi connectivity index (χ0v) is 15.8. The van der Waals surface area contributed by atoms with Gasteiger partial charge in [0.15, 0.2) is 0 Å². The maximum Gasteiger partial charge on any atom is 0.265 e. The van der Waals surface area contributed by atoms with Crippen LogP contribution in [0.4, 0.5) is 5.69 Å². The van der Waals surface area contributed by atoms with Gasteiger partial charge in [0, 0.05) is 29.8 Å². The van der Waals surface area contributed by atoms with E-state index in [1.54, 1.807) is 50.5 Å². The molecule has 1 N–H and O–H groups in total. The number of rotatable bonds is 5. The zero-order chi connectivity index (χ0) is 17.9. The number of sulfonamides is 1. The lowest BCUT2D eigenvalue weighted by Crippen LogP contribution is -2.21. The number of anilines is 1. The average Bonchev–Trinajstić information content (AvgIpc) is 2.54. The highest BCUT2D eigenvalue weighted by Crippen LogP contribution is 2.29. The van der Waals surface area contributed by atoms with Crippen molar-refractivity contribution < 1.29 is 17.9 Å². The summed E-state index contributed by atoms with van der Waals surface area (Å²) >= 11 is 3.25. The first-order valence-corrected chi connectivity index (χ1v) is 9.20. The second-order valence-corrected chi connectivity index (χ2v) is 7.74. The average molecular weight is 413 g/mol. The molecule has 0 atom stereocenters. The largest absolute Gasteiger partial charge is 0.495 e. The van der Waals surface area contributed by atoms with Crippen LogP contribution in [0.5, 0.6) is 5.75 Å². The number of hydrogen-bond donors (Lipinski definition) is 1. The molecule has 8 heteroatoms. The predicted octanol–water partition coefficient (Wildman–Crippen LogP) is 2.96. The summed E-state index contributed by atoms with van der Waals surface area (Å²) in [5, 5.41) is 0. The zero-order valence-electron chi connectivity index (χ0n) is 13.4. The molecule has 128 valence electrons. The Labute approximate surface area is 149 Å². The van der Waals surface area contributed by atoms with Crippen LogP contribution >= 0.6 is 15.9 Å². The summed E-state index contributed by atoms with van der Waals surface area (Å²) in [4.78, 5) is 13.3. The van der Waals surface area contributed by atoms with Crippen molar-refractivity contribution in [3.63, 3.8) is 0 Å². The lowest BCUT2D eigenvalue weighted by Gasteiger charge is -2.13. The number of ether oxygens (including phenoxy) is 1. The van der Waals surface area contributed by atoms with Crippen LogP contribution in [-0.4, -0.2) is 40.4 Å². The maximum atomic E-state index is 12.6. The Hall–Kier alpha value is -2.06. The quantitative estimate of drug-likeness (QED) is 0.818. The van der Waals surface area contributed by atoms with Crippen molar-refractivity contribution in [1.29, 1.82) is 0 Å². The molecule has 0 aliphatic rings. The number of carbonyl (C=O) groups is 1. The van der Waals surface area contributed by atoms with E-state index in [2.05, 4.69) is 20.7 Å². The number of nitrogens with one attached hydrogen (secondary N) is 1. The van der Waals surface area contributed by atoms with Gasteiger partial charge in [-0.15, -0.1) is 0 Å². The molecular weight excluding hydrogens is 396 g/mol. The van der Waals surface area contributed by atoms with E-state index in [0.717, 1.165) is 0 Å². The van der Waals surface area contributed by atoms with Gasteiger partial charge in [0.05, 0.1) is 7.11 Å². The van der Waals surface area contributed by atoms with E-state index in [1.165, 1.54) is 18.1 Å². The van der Waals surface area contributed by atoms with Gasteiger partial charge in [-0.1, -0.05) is 15.9 Å². The molecule has 6 nitrogen and oxygen atoms in total. The lowest BCUT2D eigenvalue weighted by molar-refractivity contribution is 0.0827. The fourth-order valence-electron chi connectivity index (χ4n) is 2.01. The minimum absolute atomic E-state index is 0.0211. The molecule has 0 aromatic heterocycles. The molecule has 2 rings (SSSR count). The van der Waals surface area contributed by atoms with Crippen molar-refractivity contribution in [2.75, 3.05) is 25.9 Å². The molecule has 24 heavy (non-hydrogen) atoms. The van der Waals surface area contributed by atoms with Crippen LogP contribution in [0.2, 0.25) is 0 Å². The second kappa shape index (κ2) is 7.23. The van der Waals surface area contributed by atoms with Crippen molar-refractivity contribution >= 4 is 37.5 Å². The number of benzene rings is 2. The third-order valence-corrected chi connectivity index (χ3v) is 5.10. The maximum absolute atomic E-state index is 12.6. The summed E-state index contributed by atoms with van der Waals surface area (Å²) in [6, 6.07) is 10.9. The standard InChI is InChI=1S/C16H17BrN2O4S/c1-19(2)16(20)11-4-7-13(8-5-11)18-24(21,22)15-10-12(17)6-9-14(15)23-3/h4-10,18H,1-3H3. The molecule has 0 saturated carbocycles. The number of halogens is 1. The highest BCUT2D eigenvalue weighted by molar-refractivity contribution is 9.10. The first-order valence-electron chi connectivity index (χ1n) is 6.92. The highest BCUT2D eigenvalue weighted by Gasteiger charge is 2.20. The fourth-order valence-corrected chi connectivity index (χ4v) is 3.78. The normalized spacial score (nSPS) is 11.0. The van der Waals surface area contributed by atoms with E-state index < -0.39 is 10.0 Å². The Balaban J connectivity index is 2.30. The number of methoxy groups -OCH3 is 1. The fraction of sp³-hybridized carbons (Fsp3) is 0.188. The molecule has 2 aromatic rings. The molecule has 0 aliphatic carbocycles. The van der Waals surface area contributed by atoms with Gasteiger partial charge in [-0.3, -0.25) is 9.52 Å². The third-order valence-electron chi connectivity index (χ3n) is 3.21. The third kappa shape index (κ3) is 4.07. The van der Waals surface area contributed by atoms with Gasteiger partial charge in [-0.05, 0) is 42.5 Å². The van der Waals surface area contributed by atoms with Crippen molar-refractivity contribution in [1.82, 2.24) is 4.90 Å². The van der Waals surface area contributed by atoms with Crippen molar-refractivity contribution in [3.8, 4) is 5.75 Å². The van der Waals surface area contributed by atoms with E-state index >= 15 is 0 Å². The molecule has 0 aliphatic heterocycles. The van der Waals surface area contributed by atoms with Gasteiger partial charge in [0.25, 0.3) is 15.9 Å². The van der Waals surface area contributed by atoms with Crippen LogP contribution in [0.15, 0.2) is 51.8 Å². The summed E-state index contributed by atoms with van der Waals surface area (Å²) in [6.45, 7) is 0. The summed E-state index contributed by atoms with van der Waals surface area (Å²) in [5.41, 5.74) is 0.829. The van der Waals surface area contributed by atoms with Gasteiger partial charge in [0.1, 0.15) is 10.6 Å². The van der Waals surface area contributed by atoms with Crippen molar-refractivity contribution in [2.24, 2.45) is 0 Å². The molecule has 2 aromatic carbocycles. The highest BCUT2D eigenvalue weighted by atomic mass is 79.9. The van der Waals surface area contributed by atoms with Crippen LogP contribution in [0.1, 0.15) is 10.4 Å². The molecule has 0 saturated heterocycles. The van der Waals surface area contributed by atoms with Crippen LogP contribution in [0.25, 0.3) is 0 Å². The van der Waals surface area contributed by atoms with Crippen molar-refractivity contribution in [3.05, 3.63) is 52.5 Å². The number of nitrogens with zero attached hydrogens (tertiary/aromatic N) is 1. The van der Waals surface area contributed by atoms with Gasteiger partial charge in [-0.2, -0.15) is 0 Å².